The average molecular weight is 512 g/mol. The maximum absolute atomic E-state index is 12.8. The second kappa shape index (κ2) is 12.2. The molecule has 0 saturated carbocycles. The Morgan fingerprint density at radius 1 is 1.22 bits per heavy atom. The summed E-state index contributed by atoms with van der Waals surface area (Å²) < 4.78 is 7.21. The van der Waals surface area contributed by atoms with E-state index in [0.29, 0.717) is 55.4 Å². The number of hydrogen-bond acceptors (Lipinski definition) is 8. The maximum Gasteiger partial charge on any atom is 0.227 e. The molecule has 1 aromatic carbocycles. The van der Waals surface area contributed by atoms with Gasteiger partial charge in [0.1, 0.15) is 5.82 Å². The van der Waals surface area contributed by atoms with Crippen LogP contribution in [-0.2, 0) is 20.9 Å². The molecule has 1 aliphatic rings. The van der Waals surface area contributed by atoms with E-state index in [4.69, 9.17) is 9.72 Å². The van der Waals surface area contributed by atoms with E-state index in [2.05, 4.69) is 34.6 Å². The minimum absolute atomic E-state index is 0.0318. The number of thioether (sulfide) groups is 1. The Bertz CT molecular complexity index is 1190. The van der Waals surface area contributed by atoms with Crippen LogP contribution in [0.15, 0.2) is 41.7 Å². The number of carbonyl (C=O) groups is 2. The van der Waals surface area contributed by atoms with Gasteiger partial charge in [-0.15, -0.1) is 0 Å². The van der Waals surface area contributed by atoms with E-state index >= 15 is 0 Å². The summed E-state index contributed by atoms with van der Waals surface area (Å²) in [5.41, 5.74) is 1.54. The van der Waals surface area contributed by atoms with Crippen molar-refractivity contribution in [2.45, 2.75) is 44.1 Å². The molecular weight excluding hydrogens is 478 g/mol. The predicted molar refractivity (Wildman–Crippen MR) is 141 cm³/mol. The zero-order chi connectivity index (χ0) is 25.5. The molecule has 2 amide bonds. The fourth-order valence-corrected chi connectivity index (χ4v) is 4.76. The highest BCUT2D eigenvalue weighted by Crippen LogP contribution is 2.27. The molecule has 1 saturated heterocycles. The van der Waals surface area contributed by atoms with E-state index in [1.165, 1.54) is 0 Å². The van der Waals surface area contributed by atoms with Crippen LogP contribution in [-0.4, -0.2) is 69.7 Å². The number of fused-ring (bicyclic) bond motifs is 1. The summed E-state index contributed by atoms with van der Waals surface area (Å²) in [6.45, 7) is 9.27. The fraction of sp³-hybridized carbons (Fsp3) is 0.480. The van der Waals surface area contributed by atoms with E-state index in [1.807, 2.05) is 37.3 Å². The second-order valence-electron chi connectivity index (χ2n) is 8.78. The number of nitrogens with zero attached hydrogens (tertiary/aromatic N) is 5. The molecule has 1 fully saturated rings. The Balaban J connectivity index is 1.39. The number of nitrogens with one attached hydrogen (secondary N) is 2. The number of hydrogen-bond donors (Lipinski definition) is 2. The Kier molecular flexibility index (Phi) is 8.76. The molecular formula is C25H33N7O3S. The van der Waals surface area contributed by atoms with Gasteiger partial charge in [0.15, 0.2) is 10.8 Å². The van der Waals surface area contributed by atoms with E-state index in [1.54, 1.807) is 27.5 Å². The first-order chi connectivity index (χ1) is 17.5. The third-order valence-corrected chi connectivity index (χ3v) is 6.61. The van der Waals surface area contributed by atoms with E-state index < -0.39 is 0 Å². The number of anilines is 2. The van der Waals surface area contributed by atoms with Gasteiger partial charge in [-0.25, -0.2) is 14.6 Å². The Labute approximate surface area is 215 Å². The summed E-state index contributed by atoms with van der Waals surface area (Å²) in [6.07, 6.45) is 1.96. The van der Waals surface area contributed by atoms with Gasteiger partial charge in [0, 0.05) is 43.6 Å². The Morgan fingerprint density at radius 2 is 2.03 bits per heavy atom. The number of rotatable bonds is 12. The summed E-state index contributed by atoms with van der Waals surface area (Å²) in [5, 5.41) is 12.6. The largest absolute Gasteiger partial charge is 0.380 e. The zero-order valence-electron chi connectivity index (χ0n) is 20.9. The SMILES string of the molecule is CCOCCNc1nc(SC(C)C)nc2c1cnn2CCNC(=O)C1CC(=O)N(c2ccccc2)C1. The van der Waals surface area contributed by atoms with Crippen LogP contribution in [0.1, 0.15) is 27.2 Å². The van der Waals surface area contributed by atoms with Crippen LogP contribution < -0.4 is 15.5 Å². The number of ether oxygens (including phenoxy) is 1. The lowest BCUT2D eigenvalue weighted by molar-refractivity contribution is -0.126. The van der Waals surface area contributed by atoms with Gasteiger partial charge in [-0.1, -0.05) is 43.8 Å². The summed E-state index contributed by atoms with van der Waals surface area (Å²) in [4.78, 5) is 36.3. The lowest BCUT2D eigenvalue weighted by atomic mass is 10.1. The van der Waals surface area contributed by atoms with Crippen LogP contribution in [0, 0.1) is 5.92 Å². The first-order valence-electron chi connectivity index (χ1n) is 12.3. The van der Waals surface area contributed by atoms with Crippen LogP contribution in [0.4, 0.5) is 11.5 Å². The van der Waals surface area contributed by atoms with Crippen LogP contribution >= 0.6 is 11.8 Å². The number of benzene rings is 1. The highest BCUT2D eigenvalue weighted by Gasteiger charge is 2.34. The average Bonchev–Trinajstić information content (AvgIpc) is 3.45. The molecule has 1 unspecified atom stereocenters. The van der Waals surface area contributed by atoms with Crippen LogP contribution in [0.2, 0.25) is 0 Å². The van der Waals surface area contributed by atoms with Crippen molar-refractivity contribution in [3.63, 3.8) is 0 Å². The lowest BCUT2D eigenvalue weighted by Crippen LogP contribution is -2.35. The normalized spacial score (nSPS) is 15.7. The van der Waals surface area contributed by atoms with Crippen molar-refractivity contribution in [1.82, 2.24) is 25.1 Å². The van der Waals surface area contributed by atoms with Crippen molar-refractivity contribution in [3.8, 4) is 0 Å². The van der Waals surface area contributed by atoms with Crippen LogP contribution in [0.3, 0.4) is 0 Å². The minimum atomic E-state index is -0.371. The standard InChI is InChI=1S/C25H33N7O3S/c1-4-35-13-11-26-22-20-15-28-32(23(20)30-25(29-22)36-17(2)3)12-10-27-24(34)18-14-21(33)31(16-18)19-8-6-5-7-9-19/h5-9,15,17-18H,4,10-14,16H2,1-3H3,(H,27,34)(H,26,29,30). The van der Waals surface area contributed by atoms with Crippen molar-refractivity contribution in [2.75, 3.05) is 43.1 Å². The van der Waals surface area contributed by atoms with Crippen molar-refractivity contribution in [3.05, 3.63) is 36.5 Å². The van der Waals surface area contributed by atoms with Gasteiger partial charge in [0.2, 0.25) is 11.8 Å². The molecule has 3 aromatic rings. The van der Waals surface area contributed by atoms with Crippen molar-refractivity contribution in [1.29, 1.82) is 0 Å². The first-order valence-corrected chi connectivity index (χ1v) is 13.2. The molecule has 0 radical (unpaired) electrons. The molecule has 1 atom stereocenters. The van der Waals surface area contributed by atoms with Crippen LogP contribution in [0.25, 0.3) is 11.0 Å². The number of para-hydroxylation sites is 1. The first kappa shape index (κ1) is 25.9. The van der Waals surface area contributed by atoms with Crippen molar-refractivity contribution in [2.24, 2.45) is 5.92 Å². The number of carbonyl (C=O) groups excluding carboxylic acids is 2. The molecule has 36 heavy (non-hydrogen) atoms. The zero-order valence-corrected chi connectivity index (χ0v) is 21.8. The minimum Gasteiger partial charge on any atom is -0.380 e. The number of amides is 2. The molecule has 0 spiro atoms. The van der Waals surface area contributed by atoms with Crippen molar-refractivity contribution >= 4 is 46.1 Å². The molecule has 2 aromatic heterocycles. The fourth-order valence-electron chi connectivity index (χ4n) is 4.05. The summed E-state index contributed by atoms with van der Waals surface area (Å²) >= 11 is 1.59. The van der Waals surface area contributed by atoms with Gasteiger partial charge in [-0.05, 0) is 19.1 Å². The Hall–Kier alpha value is -3.18. The smallest absolute Gasteiger partial charge is 0.227 e. The topological polar surface area (TPSA) is 114 Å². The van der Waals surface area contributed by atoms with E-state index in [-0.39, 0.29) is 24.2 Å². The molecule has 11 heteroatoms. The molecule has 10 nitrogen and oxygen atoms in total. The lowest BCUT2D eigenvalue weighted by Gasteiger charge is -2.16. The van der Waals surface area contributed by atoms with Gasteiger partial charge in [0.25, 0.3) is 0 Å². The molecule has 0 bridgehead atoms. The third kappa shape index (κ3) is 6.33. The number of aromatic nitrogens is 4. The summed E-state index contributed by atoms with van der Waals surface area (Å²) in [5.74, 6) is 0.200. The van der Waals surface area contributed by atoms with Gasteiger partial charge < -0.3 is 20.3 Å². The predicted octanol–water partition coefficient (Wildman–Crippen LogP) is 2.94. The highest BCUT2D eigenvalue weighted by atomic mass is 32.2. The second-order valence-corrected chi connectivity index (χ2v) is 10.3. The van der Waals surface area contributed by atoms with Crippen molar-refractivity contribution < 1.29 is 14.3 Å². The molecule has 4 rings (SSSR count). The molecule has 3 heterocycles. The summed E-state index contributed by atoms with van der Waals surface area (Å²) in [6, 6.07) is 9.45. The Morgan fingerprint density at radius 3 is 2.78 bits per heavy atom. The van der Waals surface area contributed by atoms with Gasteiger partial charge in [-0.2, -0.15) is 5.10 Å². The van der Waals surface area contributed by atoms with Gasteiger partial charge in [-0.3, -0.25) is 9.59 Å². The third-order valence-electron chi connectivity index (χ3n) is 5.75. The highest BCUT2D eigenvalue weighted by molar-refractivity contribution is 7.99. The van der Waals surface area contributed by atoms with E-state index in [0.717, 1.165) is 16.9 Å². The summed E-state index contributed by atoms with van der Waals surface area (Å²) in [7, 11) is 0. The molecule has 2 N–H and O–H groups in total. The van der Waals surface area contributed by atoms with Gasteiger partial charge in [0.05, 0.1) is 30.7 Å². The van der Waals surface area contributed by atoms with E-state index in [9.17, 15) is 9.59 Å². The van der Waals surface area contributed by atoms with Gasteiger partial charge >= 0.3 is 0 Å². The quantitative estimate of drug-likeness (QED) is 0.217. The maximum atomic E-state index is 12.8. The molecule has 0 aliphatic carbocycles. The van der Waals surface area contributed by atoms with Crippen LogP contribution in [0.5, 0.6) is 0 Å². The monoisotopic (exact) mass is 511 g/mol. The molecule has 192 valence electrons. The molecule has 1 aliphatic heterocycles.